The Morgan fingerprint density at radius 3 is 2.60 bits per heavy atom. The van der Waals surface area contributed by atoms with E-state index in [1.807, 2.05) is 0 Å². The summed E-state index contributed by atoms with van der Waals surface area (Å²) in [4.78, 5) is 7.12. The van der Waals surface area contributed by atoms with Crippen LogP contribution in [0.15, 0.2) is 24.5 Å². The fourth-order valence-corrected chi connectivity index (χ4v) is 1.38. The van der Waals surface area contributed by atoms with Crippen molar-refractivity contribution in [1.82, 2.24) is 9.97 Å². The molecule has 0 aromatic carbocycles. The first-order valence-corrected chi connectivity index (χ1v) is 4.34. The summed E-state index contributed by atoms with van der Waals surface area (Å²) < 4.78 is 37.0. The summed E-state index contributed by atoms with van der Waals surface area (Å²) in [6.45, 7) is 0. The first-order chi connectivity index (χ1) is 6.98. The molecular formula is C9H4ClF3N2. The van der Waals surface area contributed by atoms with Crippen molar-refractivity contribution in [3.8, 4) is 0 Å². The van der Waals surface area contributed by atoms with Crippen LogP contribution in [0.2, 0.25) is 5.02 Å². The Bertz CT molecular complexity index is 510. The van der Waals surface area contributed by atoms with Crippen LogP contribution in [0.3, 0.4) is 0 Å². The molecule has 2 aromatic rings. The van der Waals surface area contributed by atoms with Crippen molar-refractivity contribution in [2.45, 2.75) is 6.18 Å². The molecule has 0 fully saturated rings. The highest BCUT2D eigenvalue weighted by Crippen LogP contribution is 2.30. The Hall–Kier alpha value is -1.36. The highest BCUT2D eigenvalue weighted by molar-refractivity contribution is 6.35. The molecule has 0 aliphatic rings. The van der Waals surface area contributed by atoms with E-state index in [0.29, 0.717) is 5.52 Å². The summed E-state index contributed by atoms with van der Waals surface area (Å²) in [7, 11) is 0. The molecule has 6 heteroatoms. The van der Waals surface area contributed by atoms with Gasteiger partial charge in [0.15, 0.2) is 0 Å². The van der Waals surface area contributed by atoms with Crippen LogP contribution in [-0.4, -0.2) is 9.97 Å². The molecular weight excluding hydrogens is 229 g/mol. The minimum absolute atomic E-state index is 0.230. The van der Waals surface area contributed by atoms with Crippen molar-refractivity contribution in [1.29, 1.82) is 0 Å². The zero-order valence-electron chi connectivity index (χ0n) is 7.22. The van der Waals surface area contributed by atoms with Gasteiger partial charge in [-0.05, 0) is 12.1 Å². The molecule has 0 spiro atoms. The van der Waals surface area contributed by atoms with Crippen molar-refractivity contribution >= 4 is 22.5 Å². The fourth-order valence-electron chi connectivity index (χ4n) is 1.17. The lowest BCUT2D eigenvalue weighted by Crippen LogP contribution is -2.07. The number of aromatic nitrogens is 2. The molecule has 0 aliphatic heterocycles. The zero-order valence-corrected chi connectivity index (χ0v) is 7.97. The van der Waals surface area contributed by atoms with Gasteiger partial charge in [0.05, 0.1) is 16.7 Å². The number of alkyl halides is 3. The van der Waals surface area contributed by atoms with E-state index in [1.54, 1.807) is 0 Å². The van der Waals surface area contributed by atoms with Crippen LogP contribution < -0.4 is 0 Å². The van der Waals surface area contributed by atoms with Crippen molar-refractivity contribution < 1.29 is 13.2 Å². The van der Waals surface area contributed by atoms with E-state index >= 15 is 0 Å². The van der Waals surface area contributed by atoms with E-state index in [2.05, 4.69) is 9.97 Å². The van der Waals surface area contributed by atoms with Crippen molar-refractivity contribution in [3.05, 3.63) is 35.2 Å². The first kappa shape index (κ1) is 10.2. The maximum atomic E-state index is 12.3. The van der Waals surface area contributed by atoms with Crippen LogP contribution in [0.25, 0.3) is 10.9 Å². The Labute approximate surface area is 87.7 Å². The molecule has 2 aromatic heterocycles. The van der Waals surface area contributed by atoms with Gasteiger partial charge in [-0.15, -0.1) is 0 Å². The third kappa shape index (κ3) is 1.87. The quantitative estimate of drug-likeness (QED) is 0.696. The molecule has 0 amide bonds. The van der Waals surface area contributed by atoms with Gasteiger partial charge in [0.1, 0.15) is 5.69 Å². The number of pyridine rings is 2. The second-order valence-corrected chi connectivity index (χ2v) is 3.28. The largest absolute Gasteiger partial charge is 0.433 e. The molecule has 0 N–H and O–H groups in total. The molecule has 15 heavy (non-hydrogen) atoms. The Kier molecular flexibility index (Phi) is 2.26. The van der Waals surface area contributed by atoms with E-state index < -0.39 is 11.9 Å². The van der Waals surface area contributed by atoms with E-state index in [4.69, 9.17) is 11.6 Å². The summed E-state index contributed by atoms with van der Waals surface area (Å²) in [6, 6.07) is 2.33. The van der Waals surface area contributed by atoms with E-state index in [9.17, 15) is 13.2 Å². The molecule has 0 radical (unpaired) electrons. The third-order valence-corrected chi connectivity index (χ3v) is 2.19. The van der Waals surface area contributed by atoms with Crippen LogP contribution in [0.1, 0.15) is 5.69 Å². The van der Waals surface area contributed by atoms with Gasteiger partial charge in [0, 0.05) is 11.6 Å². The molecule has 0 saturated heterocycles. The fraction of sp³-hybridized carbons (Fsp3) is 0.111. The van der Waals surface area contributed by atoms with Gasteiger partial charge in [-0.25, -0.2) is 4.98 Å². The van der Waals surface area contributed by atoms with E-state index in [1.165, 1.54) is 12.3 Å². The Morgan fingerprint density at radius 2 is 1.93 bits per heavy atom. The molecule has 2 rings (SSSR count). The van der Waals surface area contributed by atoms with Crippen LogP contribution in [0.4, 0.5) is 13.2 Å². The summed E-state index contributed by atoms with van der Waals surface area (Å²) in [5.74, 6) is 0. The molecule has 2 heterocycles. The first-order valence-electron chi connectivity index (χ1n) is 3.96. The lowest BCUT2D eigenvalue weighted by Gasteiger charge is -2.06. The topological polar surface area (TPSA) is 25.8 Å². The van der Waals surface area contributed by atoms with E-state index in [0.717, 1.165) is 12.3 Å². The highest BCUT2D eigenvalue weighted by Gasteiger charge is 2.32. The van der Waals surface area contributed by atoms with Crippen LogP contribution in [-0.2, 0) is 6.18 Å². The molecule has 0 atom stereocenters. The summed E-state index contributed by atoms with van der Waals surface area (Å²) in [6.07, 6.45) is -1.99. The average Bonchev–Trinajstić information content (AvgIpc) is 2.16. The molecule has 0 aliphatic carbocycles. The van der Waals surface area contributed by atoms with Crippen molar-refractivity contribution in [3.63, 3.8) is 0 Å². The lowest BCUT2D eigenvalue weighted by atomic mass is 10.2. The maximum Gasteiger partial charge on any atom is 0.433 e. The average molecular weight is 233 g/mol. The Balaban J connectivity index is 2.70. The Morgan fingerprint density at radius 1 is 1.20 bits per heavy atom. The number of hydrogen-bond acceptors (Lipinski definition) is 2. The van der Waals surface area contributed by atoms with Crippen molar-refractivity contribution in [2.24, 2.45) is 0 Å². The van der Waals surface area contributed by atoms with Crippen LogP contribution in [0.5, 0.6) is 0 Å². The lowest BCUT2D eigenvalue weighted by molar-refractivity contribution is -0.141. The second kappa shape index (κ2) is 3.34. The monoisotopic (exact) mass is 232 g/mol. The number of fused-ring (bicyclic) bond motifs is 1. The molecule has 2 nitrogen and oxygen atoms in total. The van der Waals surface area contributed by atoms with Crippen LogP contribution >= 0.6 is 11.6 Å². The summed E-state index contributed by atoms with van der Waals surface area (Å²) in [5, 5.41) is 0.481. The third-order valence-electron chi connectivity index (χ3n) is 1.87. The minimum Gasteiger partial charge on any atom is -0.255 e. The zero-order chi connectivity index (χ0) is 11.1. The van der Waals surface area contributed by atoms with Gasteiger partial charge in [-0.2, -0.15) is 13.2 Å². The van der Waals surface area contributed by atoms with Gasteiger partial charge in [-0.1, -0.05) is 11.6 Å². The van der Waals surface area contributed by atoms with Gasteiger partial charge >= 0.3 is 6.18 Å². The van der Waals surface area contributed by atoms with E-state index in [-0.39, 0.29) is 10.4 Å². The molecule has 0 bridgehead atoms. The van der Waals surface area contributed by atoms with Gasteiger partial charge < -0.3 is 0 Å². The predicted molar refractivity (Wildman–Crippen MR) is 49.6 cm³/mol. The summed E-state index contributed by atoms with van der Waals surface area (Å²) >= 11 is 5.74. The molecule has 0 unspecified atom stereocenters. The van der Waals surface area contributed by atoms with Crippen LogP contribution in [0, 0.1) is 0 Å². The molecule has 78 valence electrons. The smallest absolute Gasteiger partial charge is 0.255 e. The standard InChI is InChI=1S/C9H4ClF3N2/c10-6-1-2-14-7-4-15-8(3-5(6)7)9(11,12)13/h1-4H. The maximum absolute atomic E-state index is 12.3. The van der Waals surface area contributed by atoms with Gasteiger partial charge in [0.25, 0.3) is 0 Å². The number of hydrogen-bond donors (Lipinski definition) is 0. The number of rotatable bonds is 0. The number of nitrogens with zero attached hydrogens (tertiary/aromatic N) is 2. The molecule has 0 saturated carbocycles. The summed E-state index contributed by atoms with van der Waals surface area (Å²) in [5.41, 5.74) is -0.625. The second-order valence-electron chi connectivity index (χ2n) is 2.88. The SMILES string of the molecule is FC(F)(F)c1cc2c(Cl)ccnc2cn1. The highest BCUT2D eigenvalue weighted by atomic mass is 35.5. The minimum atomic E-state index is -4.46. The normalized spacial score (nSPS) is 12.0. The number of halogens is 4. The van der Waals surface area contributed by atoms with Gasteiger partial charge in [-0.3, -0.25) is 4.98 Å². The van der Waals surface area contributed by atoms with Gasteiger partial charge in [0.2, 0.25) is 0 Å². The predicted octanol–water partition coefficient (Wildman–Crippen LogP) is 3.30. The van der Waals surface area contributed by atoms with Crippen molar-refractivity contribution in [2.75, 3.05) is 0 Å².